The van der Waals surface area contributed by atoms with E-state index in [1.54, 1.807) is 11.0 Å². The summed E-state index contributed by atoms with van der Waals surface area (Å²) in [6.07, 6.45) is 1.24. The van der Waals surface area contributed by atoms with Crippen LogP contribution in [0.3, 0.4) is 0 Å². The fraction of sp³-hybridized carbons (Fsp3) is 0.310. The number of benzene rings is 3. The van der Waals surface area contributed by atoms with Gasteiger partial charge in [0, 0.05) is 29.2 Å². The molecule has 0 fully saturated rings. The highest BCUT2D eigenvalue weighted by Crippen LogP contribution is 2.25. The summed E-state index contributed by atoms with van der Waals surface area (Å²) in [7, 11) is 0. The van der Waals surface area contributed by atoms with E-state index in [1.165, 1.54) is 11.8 Å². The first kappa shape index (κ1) is 29.6. The van der Waals surface area contributed by atoms with E-state index in [2.05, 4.69) is 21.2 Å². The summed E-state index contributed by atoms with van der Waals surface area (Å²) in [5.41, 5.74) is 2.94. The molecule has 0 aromatic heterocycles. The summed E-state index contributed by atoms with van der Waals surface area (Å²) in [4.78, 5) is 29.0. The number of halogens is 3. The molecular formula is C29H31BrCl2N2O2S. The predicted octanol–water partition coefficient (Wildman–Crippen LogP) is 7.54. The van der Waals surface area contributed by atoms with Gasteiger partial charge < -0.3 is 10.2 Å². The lowest BCUT2D eigenvalue weighted by Crippen LogP contribution is -2.52. The van der Waals surface area contributed by atoms with Crippen LogP contribution < -0.4 is 5.32 Å². The first-order valence-electron chi connectivity index (χ1n) is 12.2. The van der Waals surface area contributed by atoms with E-state index in [9.17, 15) is 9.59 Å². The molecule has 3 aromatic rings. The molecule has 0 saturated carbocycles. The van der Waals surface area contributed by atoms with Crippen molar-refractivity contribution in [3.63, 3.8) is 0 Å². The maximum Gasteiger partial charge on any atom is 0.243 e. The third-order valence-electron chi connectivity index (χ3n) is 5.99. The number of amides is 2. The van der Waals surface area contributed by atoms with Gasteiger partial charge in [-0.2, -0.15) is 0 Å². The Morgan fingerprint density at radius 1 is 0.946 bits per heavy atom. The maximum atomic E-state index is 13.7. The summed E-state index contributed by atoms with van der Waals surface area (Å²) in [6.45, 7) is 4.34. The number of nitrogens with zero attached hydrogens (tertiary/aromatic N) is 1. The normalized spacial score (nSPS) is 12.6. The molecule has 3 rings (SSSR count). The molecule has 8 heteroatoms. The molecule has 4 nitrogen and oxygen atoms in total. The molecule has 0 spiro atoms. The number of nitrogens with one attached hydrogen (secondary N) is 1. The molecule has 0 aliphatic heterocycles. The maximum absolute atomic E-state index is 13.7. The first-order valence-corrected chi connectivity index (χ1v) is 14.9. The molecule has 0 aliphatic rings. The molecule has 0 aliphatic carbocycles. The molecule has 0 radical (unpaired) electrons. The van der Waals surface area contributed by atoms with E-state index in [-0.39, 0.29) is 23.6 Å². The standard InChI is InChI=1S/C29H31BrCl2N2O2S/c1-3-20(2)33-29(36)27(16-21-8-5-4-6-9-21)34(17-22-10-7-11-24(30)14-22)28(35)19-37-18-23-12-13-25(31)26(32)15-23/h4-15,20,27H,3,16-19H2,1-2H3,(H,33,36)/t20-,27-/m0/s1. The van der Waals surface area contributed by atoms with E-state index in [0.717, 1.165) is 27.6 Å². The zero-order valence-corrected chi connectivity index (χ0v) is 24.8. The lowest BCUT2D eigenvalue weighted by atomic mass is 10.0. The van der Waals surface area contributed by atoms with Gasteiger partial charge in [-0.15, -0.1) is 11.8 Å². The van der Waals surface area contributed by atoms with Crippen molar-refractivity contribution in [1.82, 2.24) is 10.2 Å². The highest BCUT2D eigenvalue weighted by molar-refractivity contribution is 9.10. The highest BCUT2D eigenvalue weighted by atomic mass is 79.9. The van der Waals surface area contributed by atoms with Crippen molar-refractivity contribution in [2.45, 2.75) is 51.1 Å². The summed E-state index contributed by atoms with van der Waals surface area (Å²) in [5, 5.41) is 4.09. The molecule has 37 heavy (non-hydrogen) atoms. The number of rotatable bonds is 12. The van der Waals surface area contributed by atoms with Crippen LogP contribution in [0.15, 0.2) is 77.3 Å². The van der Waals surface area contributed by atoms with Gasteiger partial charge in [-0.3, -0.25) is 9.59 Å². The number of thioether (sulfide) groups is 1. The van der Waals surface area contributed by atoms with E-state index in [4.69, 9.17) is 23.2 Å². The van der Waals surface area contributed by atoms with Crippen molar-refractivity contribution in [2.24, 2.45) is 0 Å². The molecule has 2 atom stereocenters. The average molecular weight is 622 g/mol. The van der Waals surface area contributed by atoms with Crippen molar-refractivity contribution >= 4 is 62.7 Å². The van der Waals surface area contributed by atoms with Gasteiger partial charge in [-0.1, -0.05) is 94.6 Å². The van der Waals surface area contributed by atoms with Gasteiger partial charge in [0.25, 0.3) is 0 Å². The summed E-state index contributed by atoms with van der Waals surface area (Å²) in [5.74, 6) is 0.604. The van der Waals surface area contributed by atoms with Crippen molar-refractivity contribution in [2.75, 3.05) is 5.75 Å². The SMILES string of the molecule is CC[C@H](C)NC(=O)[C@H](Cc1ccccc1)N(Cc1cccc(Br)c1)C(=O)CSCc1ccc(Cl)c(Cl)c1. The molecule has 0 heterocycles. The molecule has 2 amide bonds. The van der Waals surface area contributed by atoms with Crippen LogP contribution in [-0.4, -0.2) is 34.6 Å². The Balaban J connectivity index is 1.85. The van der Waals surface area contributed by atoms with Crippen LogP contribution in [0.5, 0.6) is 0 Å². The van der Waals surface area contributed by atoms with Crippen LogP contribution >= 0.6 is 50.9 Å². The Morgan fingerprint density at radius 2 is 1.68 bits per heavy atom. The Bertz CT molecular complexity index is 1200. The van der Waals surface area contributed by atoms with Gasteiger partial charge in [-0.25, -0.2) is 0 Å². The van der Waals surface area contributed by atoms with Crippen LogP contribution in [0, 0.1) is 0 Å². The van der Waals surface area contributed by atoms with Gasteiger partial charge in [-0.05, 0) is 54.3 Å². The second-order valence-electron chi connectivity index (χ2n) is 8.92. The van der Waals surface area contributed by atoms with Gasteiger partial charge in [0.1, 0.15) is 6.04 Å². The lowest BCUT2D eigenvalue weighted by Gasteiger charge is -2.32. The fourth-order valence-corrected chi connectivity index (χ4v) is 5.42. The second kappa shape index (κ2) is 14.8. The van der Waals surface area contributed by atoms with Gasteiger partial charge in [0.2, 0.25) is 11.8 Å². The van der Waals surface area contributed by atoms with Crippen molar-refractivity contribution in [1.29, 1.82) is 0 Å². The molecule has 0 bridgehead atoms. The minimum atomic E-state index is -0.645. The zero-order chi connectivity index (χ0) is 26.8. The molecular weight excluding hydrogens is 591 g/mol. The minimum absolute atomic E-state index is 0.0117. The molecule has 196 valence electrons. The molecule has 3 aromatic carbocycles. The van der Waals surface area contributed by atoms with Crippen LogP contribution in [0.25, 0.3) is 0 Å². The topological polar surface area (TPSA) is 49.4 Å². The fourth-order valence-electron chi connectivity index (χ4n) is 3.80. The van der Waals surface area contributed by atoms with Crippen LogP contribution in [-0.2, 0) is 28.3 Å². The Labute approximate surface area is 242 Å². The van der Waals surface area contributed by atoms with Crippen LogP contribution in [0.1, 0.15) is 37.0 Å². The number of hydrogen-bond donors (Lipinski definition) is 1. The Kier molecular flexibility index (Phi) is 11.8. The van der Waals surface area contributed by atoms with Gasteiger partial charge in [0.05, 0.1) is 15.8 Å². The third kappa shape index (κ3) is 9.36. The Hall–Kier alpha value is -1.99. The summed E-state index contributed by atoms with van der Waals surface area (Å²) in [6, 6.07) is 22.5. The third-order valence-corrected chi connectivity index (χ3v) is 8.21. The van der Waals surface area contributed by atoms with Gasteiger partial charge in [0.15, 0.2) is 0 Å². The largest absolute Gasteiger partial charge is 0.352 e. The summed E-state index contributed by atoms with van der Waals surface area (Å²) < 4.78 is 0.926. The quantitative estimate of drug-likeness (QED) is 0.227. The second-order valence-corrected chi connectivity index (χ2v) is 11.6. The Morgan fingerprint density at radius 3 is 2.35 bits per heavy atom. The van der Waals surface area contributed by atoms with Crippen LogP contribution in [0.4, 0.5) is 0 Å². The van der Waals surface area contributed by atoms with Crippen molar-refractivity contribution < 1.29 is 9.59 Å². The zero-order valence-electron chi connectivity index (χ0n) is 20.9. The predicted molar refractivity (Wildman–Crippen MR) is 159 cm³/mol. The number of hydrogen-bond acceptors (Lipinski definition) is 3. The highest BCUT2D eigenvalue weighted by Gasteiger charge is 2.31. The van der Waals surface area contributed by atoms with E-state index in [0.29, 0.717) is 28.8 Å². The smallest absolute Gasteiger partial charge is 0.243 e. The van der Waals surface area contributed by atoms with Gasteiger partial charge >= 0.3 is 0 Å². The monoisotopic (exact) mass is 620 g/mol. The van der Waals surface area contributed by atoms with E-state index < -0.39 is 6.04 Å². The first-order chi connectivity index (χ1) is 17.8. The summed E-state index contributed by atoms with van der Waals surface area (Å²) >= 11 is 17.2. The number of carbonyl (C=O) groups excluding carboxylic acids is 2. The number of carbonyl (C=O) groups is 2. The molecule has 1 N–H and O–H groups in total. The van der Waals surface area contributed by atoms with E-state index in [1.807, 2.05) is 80.6 Å². The van der Waals surface area contributed by atoms with Crippen LogP contribution in [0.2, 0.25) is 10.0 Å². The lowest BCUT2D eigenvalue weighted by molar-refractivity contribution is -0.139. The van der Waals surface area contributed by atoms with E-state index >= 15 is 0 Å². The molecule has 0 saturated heterocycles. The molecule has 0 unspecified atom stereocenters. The van der Waals surface area contributed by atoms with Crippen molar-refractivity contribution in [3.8, 4) is 0 Å². The van der Waals surface area contributed by atoms with Crippen molar-refractivity contribution in [3.05, 3.63) is 104 Å². The minimum Gasteiger partial charge on any atom is -0.352 e. The average Bonchev–Trinajstić information content (AvgIpc) is 2.88.